The van der Waals surface area contributed by atoms with Crippen molar-refractivity contribution in [2.45, 2.75) is 46.2 Å². The normalized spacial score (nSPS) is 18.8. The summed E-state index contributed by atoms with van der Waals surface area (Å²) in [5.41, 5.74) is 1.47. The van der Waals surface area contributed by atoms with E-state index in [1.54, 1.807) is 0 Å². The molecule has 1 fully saturated rings. The zero-order valence-corrected chi connectivity index (χ0v) is 12.1. The standard InChI is InChI=1S/C14H24N2S/c1-11(16-6-4-5-7-16)9-15-10-14-8-12(2)17-13(14)3/h8,11,15H,4-7,9-10H2,1-3H3. The Morgan fingerprint density at radius 2 is 2.06 bits per heavy atom. The minimum absolute atomic E-state index is 0.678. The van der Waals surface area contributed by atoms with Gasteiger partial charge in [-0.3, -0.25) is 4.90 Å². The molecule has 2 heterocycles. The van der Waals surface area contributed by atoms with E-state index in [1.807, 2.05) is 11.3 Å². The van der Waals surface area contributed by atoms with Gasteiger partial charge in [0.05, 0.1) is 0 Å². The Hall–Kier alpha value is -0.380. The number of likely N-dealkylation sites (tertiary alicyclic amines) is 1. The van der Waals surface area contributed by atoms with Crippen LogP contribution in [0.1, 0.15) is 35.1 Å². The van der Waals surface area contributed by atoms with Gasteiger partial charge in [0.15, 0.2) is 0 Å². The first-order valence-corrected chi connectivity index (χ1v) is 7.49. The van der Waals surface area contributed by atoms with Crippen molar-refractivity contribution >= 4 is 11.3 Å². The van der Waals surface area contributed by atoms with Crippen molar-refractivity contribution in [1.82, 2.24) is 10.2 Å². The van der Waals surface area contributed by atoms with Gasteiger partial charge >= 0.3 is 0 Å². The smallest absolute Gasteiger partial charge is 0.0217 e. The fourth-order valence-corrected chi connectivity index (χ4v) is 3.53. The zero-order valence-electron chi connectivity index (χ0n) is 11.3. The summed E-state index contributed by atoms with van der Waals surface area (Å²) < 4.78 is 0. The second-order valence-electron chi connectivity index (χ2n) is 5.16. The number of nitrogens with zero attached hydrogens (tertiary/aromatic N) is 1. The highest BCUT2D eigenvalue weighted by Crippen LogP contribution is 2.20. The summed E-state index contributed by atoms with van der Waals surface area (Å²) in [6, 6.07) is 2.99. The second-order valence-corrected chi connectivity index (χ2v) is 6.62. The summed E-state index contributed by atoms with van der Waals surface area (Å²) in [5, 5.41) is 3.60. The zero-order chi connectivity index (χ0) is 12.3. The molecular formula is C14H24N2S. The Labute approximate surface area is 109 Å². The second kappa shape index (κ2) is 5.98. The van der Waals surface area contributed by atoms with Crippen LogP contribution in [0.2, 0.25) is 0 Å². The third-order valence-corrected chi connectivity index (χ3v) is 4.67. The number of nitrogens with one attached hydrogen (secondary N) is 1. The SMILES string of the molecule is Cc1cc(CNCC(C)N2CCCC2)c(C)s1. The molecule has 0 aromatic carbocycles. The molecule has 1 aliphatic rings. The fourth-order valence-electron chi connectivity index (χ4n) is 2.59. The summed E-state index contributed by atoms with van der Waals surface area (Å²) in [6.07, 6.45) is 2.76. The molecule has 2 nitrogen and oxygen atoms in total. The monoisotopic (exact) mass is 252 g/mol. The van der Waals surface area contributed by atoms with Crippen LogP contribution in [0.25, 0.3) is 0 Å². The largest absolute Gasteiger partial charge is 0.311 e. The Morgan fingerprint density at radius 3 is 2.65 bits per heavy atom. The Morgan fingerprint density at radius 1 is 1.35 bits per heavy atom. The van der Waals surface area contributed by atoms with Crippen LogP contribution < -0.4 is 5.32 Å². The van der Waals surface area contributed by atoms with Crippen LogP contribution in [0.15, 0.2) is 6.07 Å². The molecule has 0 aliphatic carbocycles. The van der Waals surface area contributed by atoms with E-state index in [4.69, 9.17) is 0 Å². The average molecular weight is 252 g/mol. The lowest BCUT2D eigenvalue weighted by Gasteiger charge is -2.23. The number of thiophene rings is 1. The molecule has 3 heteroatoms. The summed E-state index contributed by atoms with van der Waals surface area (Å²) in [7, 11) is 0. The molecule has 1 aromatic heterocycles. The van der Waals surface area contributed by atoms with Crippen LogP contribution in [-0.2, 0) is 6.54 Å². The number of hydrogen-bond acceptors (Lipinski definition) is 3. The average Bonchev–Trinajstić information content (AvgIpc) is 2.89. The molecule has 1 atom stereocenters. The quantitative estimate of drug-likeness (QED) is 0.867. The lowest BCUT2D eigenvalue weighted by atomic mass is 10.2. The Kier molecular flexibility index (Phi) is 4.60. The van der Waals surface area contributed by atoms with Crippen LogP contribution in [0.4, 0.5) is 0 Å². The minimum Gasteiger partial charge on any atom is -0.311 e. The molecule has 1 unspecified atom stereocenters. The maximum atomic E-state index is 3.60. The molecule has 1 aromatic rings. The fraction of sp³-hybridized carbons (Fsp3) is 0.714. The van der Waals surface area contributed by atoms with E-state index in [-0.39, 0.29) is 0 Å². The van der Waals surface area contributed by atoms with Gasteiger partial charge in [-0.25, -0.2) is 0 Å². The van der Waals surface area contributed by atoms with Crippen LogP contribution in [0.3, 0.4) is 0 Å². The highest BCUT2D eigenvalue weighted by Gasteiger charge is 2.17. The molecule has 1 N–H and O–H groups in total. The number of aryl methyl sites for hydroxylation is 2. The van der Waals surface area contributed by atoms with E-state index >= 15 is 0 Å². The predicted octanol–water partition coefficient (Wildman–Crippen LogP) is 2.94. The van der Waals surface area contributed by atoms with Gasteiger partial charge in [0.1, 0.15) is 0 Å². The van der Waals surface area contributed by atoms with Crippen LogP contribution in [0.5, 0.6) is 0 Å². The molecule has 17 heavy (non-hydrogen) atoms. The molecule has 2 rings (SSSR count). The van der Waals surface area contributed by atoms with Crippen LogP contribution in [-0.4, -0.2) is 30.6 Å². The maximum Gasteiger partial charge on any atom is 0.0217 e. The molecule has 0 saturated carbocycles. The Bertz CT molecular complexity index is 353. The van der Waals surface area contributed by atoms with Gasteiger partial charge in [0.25, 0.3) is 0 Å². The molecule has 96 valence electrons. The number of rotatable bonds is 5. The molecule has 0 bridgehead atoms. The Balaban J connectivity index is 1.73. The molecule has 1 aliphatic heterocycles. The molecule has 0 radical (unpaired) electrons. The lowest BCUT2D eigenvalue weighted by Crippen LogP contribution is -2.38. The van der Waals surface area contributed by atoms with E-state index in [9.17, 15) is 0 Å². The van der Waals surface area contributed by atoms with Gasteiger partial charge < -0.3 is 5.32 Å². The molecule has 1 saturated heterocycles. The maximum absolute atomic E-state index is 3.60. The van der Waals surface area contributed by atoms with E-state index < -0.39 is 0 Å². The first-order valence-electron chi connectivity index (χ1n) is 6.67. The first-order chi connectivity index (χ1) is 8.16. The van der Waals surface area contributed by atoms with E-state index in [0.29, 0.717) is 6.04 Å². The lowest BCUT2D eigenvalue weighted by molar-refractivity contribution is 0.251. The molecule has 0 amide bonds. The summed E-state index contributed by atoms with van der Waals surface area (Å²) >= 11 is 1.90. The van der Waals surface area contributed by atoms with Gasteiger partial charge in [0, 0.05) is 28.9 Å². The van der Waals surface area contributed by atoms with Crippen molar-refractivity contribution in [3.8, 4) is 0 Å². The van der Waals surface area contributed by atoms with E-state index in [2.05, 4.69) is 37.1 Å². The first kappa shape index (κ1) is 13.1. The summed E-state index contributed by atoms with van der Waals surface area (Å²) in [5.74, 6) is 0. The van der Waals surface area contributed by atoms with Crippen molar-refractivity contribution in [1.29, 1.82) is 0 Å². The van der Waals surface area contributed by atoms with Gasteiger partial charge in [-0.15, -0.1) is 11.3 Å². The predicted molar refractivity (Wildman–Crippen MR) is 75.8 cm³/mol. The van der Waals surface area contributed by atoms with Gasteiger partial charge in [-0.1, -0.05) is 0 Å². The van der Waals surface area contributed by atoms with Gasteiger partial charge in [0.2, 0.25) is 0 Å². The summed E-state index contributed by atoms with van der Waals surface area (Å²) in [4.78, 5) is 5.48. The minimum atomic E-state index is 0.678. The topological polar surface area (TPSA) is 15.3 Å². The highest BCUT2D eigenvalue weighted by molar-refractivity contribution is 7.12. The van der Waals surface area contributed by atoms with Crippen molar-refractivity contribution in [2.75, 3.05) is 19.6 Å². The van der Waals surface area contributed by atoms with Crippen LogP contribution in [0, 0.1) is 13.8 Å². The summed E-state index contributed by atoms with van der Waals surface area (Å²) in [6.45, 7) is 11.5. The molecule has 0 spiro atoms. The van der Waals surface area contributed by atoms with Crippen molar-refractivity contribution in [3.05, 3.63) is 21.4 Å². The van der Waals surface area contributed by atoms with Crippen molar-refractivity contribution in [3.63, 3.8) is 0 Å². The van der Waals surface area contributed by atoms with Gasteiger partial charge in [-0.2, -0.15) is 0 Å². The third kappa shape index (κ3) is 3.54. The van der Waals surface area contributed by atoms with Gasteiger partial charge in [-0.05, 0) is 58.3 Å². The number of hydrogen-bond donors (Lipinski definition) is 1. The highest BCUT2D eigenvalue weighted by atomic mass is 32.1. The van der Waals surface area contributed by atoms with Crippen molar-refractivity contribution < 1.29 is 0 Å². The third-order valence-electron chi connectivity index (χ3n) is 3.66. The van der Waals surface area contributed by atoms with E-state index in [1.165, 1.54) is 41.2 Å². The van der Waals surface area contributed by atoms with E-state index in [0.717, 1.165) is 13.1 Å². The molecular weight excluding hydrogens is 228 g/mol. The van der Waals surface area contributed by atoms with Crippen LogP contribution >= 0.6 is 11.3 Å². The van der Waals surface area contributed by atoms with Crippen molar-refractivity contribution in [2.24, 2.45) is 0 Å².